The average Bonchev–Trinajstić information content (AvgIpc) is 2.15. The molecule has 0 saturated carbocycles. The quantitative estimate of drug-likeness (QED) is 0.568. The maximum Gasteiger partial charge on any atom is 0.214 e. The van der Waals surface area contributed by atoms with Crippen LogP contribution in [0.2, 0.25) is 6.32 Å². The zero-order chi connectivity index (χ0) is 10.3. The summed E-state index contributed by atoms with van der Waals surface area (Å²) in [5, 5.41) is 0. The SMILES string of the molecule is [B]CC(=O)N(CCC)CC(=O)CC. The normalized spacial score (nSPS) is 9.69. The van der Waals surface area contributed by atoms with E-state index in [4.69, 9.17) is 7.85 Å². The smallest absolute Gasteiger partial charge is 0.214 e. The molecule has 72 valence electrons. The molecule has 2 radical (unpaired) electrons. The molecule has 0 aromatic heterocycles. The number of carbonyl (C=O) groups is 2. The fourth-order valence-corrected chi connectivity index (χ4v) is 1.02. The number of hydrogen-bond donors (Lipinski definition) is 0. The molecule has 0 saturated heterocycles. The molecule has 0 rings (SSSR count). The summed E-state index contributed by atoms with van der Waals surface area (Å²) < 4.78 is 0. The van der Waals surface area contributed by atoms with Gasteiger partial charge in [0.2, 0.25) is 5.91 Å². The Morgan fingerprint density at radius 3 is 2.31 bits per heavy atom. The van der Waals surface area contributed by atoms with Crippen molar-refractivity contribution in [1.29, 1.82) is 0 Å². The van der Waals surface area contributed by atoms with Crippen LogP contribution < -0.4 is 0 Å². The zero-order valence-corrected chi connectivity index (χ0v) is 8.38. The lowest BCUT2D eigenvalue weighted by atomic mass is 10.0. The van der Waals surface area contributed by atoms with Gasteiger partial charge in [0.25, 0.3) is 0 Å². The molecule has 0 spiro atoms. The largest absolute Gasteiger partial charge is 0.336 e. The minimum Gasteiger partial charge on any atom is -0.336 e. The molecule has 13 heavy (non-hydrogen) atoms. The Kier molecular flexibility index (Phi) is 6.28. The van der Waals surface area contributed by atoms with Crippen LogP contribution in [0.15, 0.2) is 0 Å². The van der Waals surface area contributed by atoms with Crippen molar-refractivity contribution < 1.29 is 9.59 Å². The second kappa shape index (κ2) is 6.69. The Hall–Kier alpha value is -0.795. The molecular formula is C9H16BNO2. The molecule has 3 nitrogen and oxygen atoms in total. The van der Waals surface area contributed by atoms with Crippen LogP contribution in [0.5, 0.6) is 0 Å². The first-order valence-corrected chi connectivity index (χ1v) is 4.65. The lowest BCUT2D eigenvalue weighted by molar-refractivity contribution is -0.133. The van der Waals surface area contributed by atoms with Gasteiger partial charge < -0.3 is 4.90 Å². The molecule has 4 heteroatoms. The predicted octanol–water partition coefficient (Wildman–Crippen LogP) is 0.791. The van der Waals surface area contributed by atoms with Gasteiger partial charge in [-0.2, -0.15) is 0 Å². The summed E-state index contributed by atoms with van der Waals surface area (Å²) in [6.07, 6.45) is 1.30. The minimum absolute atomic E-state index is 0.0169. The first-order chi connectivity index (χ1) is 6.15. The second-order valence-corrected chi connectivity index (χ2v) is 2.91. The summed E-state index contributed by atoms with van der Waals surface area (Å²) in [6.45, 7) is 4.58. The van der Waals surface area contributed by atoms with Crippen LogP contribution in [-0.2, 0) is 9.59 Å². The Morgan fingerprint density at radius 1 is 1.31 bits per heavy atom. The maximum atomic E-state index is 11.2. The van der Waals surface area contributed by atoms with Crippen molar-refractivity contribution in [2.24, 2.45) is 0 Å². The van der Waals surface area contributed by atoms with E-state index < -0.39 is 0 Å². The third kappa shape index (κ3) is 4.71. The van der Waals surface area contributed by atoms with E-state index in [1.54, 1.807) is 6.92 Å². The van der Waals surface area contributed by atoms with Gasteiger partial charge in [0.15, 0.2) is 5.78 Å². The van der Waals surface area contributed by atoms with Crippen LogP contribution in [0, 0.1) is 0 Å². The first kappa shape index (κ1) is 12.2. The van der Waals surface area contributed by atoms with Gasteiger partial charge in [-0.3, -0.25) is 9.59 Å². The number of amides is 1. The molecule has 0 bridgehead atoms. The molecule has 0 unspecified atom stereocenters. The van der Waals surface area contributed by atoms with Gasteiger partial charge in [-0.05, 0) is 12.7 Å². The van der Waals surface area contributed by atoms with E-state index in [0.717, 1.165) is 6.42 Å². The number of hydrogen-bond acceptors (Lipinski definition) is 2. The van der Waals surface area contributed by atoms with E-state index in [1.165, 1.54) is 4.90 Å². The Labute approximate surface area is 80.9 Å². The molecule has 0 aromatic rings. The second-order valence-electron chi connectivity index (χ2n) is 2.91. The molecule has 0 aliphatic heterocycles. The predicted molar refractivity (Wildman–Crippen MR) is 52.7 cm³/mol. The van der Waals surface area contributed by atoms with Crippen molar-refractivity contribution in [3.8, 4) is 0 Å². The van der Waals surface area contributed by atoms with Gasteiger partial charge in [-0.15, -0.1) is 0 Å². The van der Waals surface area contributed by atoms with Crippen LogP contribution in [-0.4, -0.2) is 37.5 Å². The van der Waals surface area contributed by atoms with Gasteiger partial charge >= 0.3 is 0 Å². The van der Waals surface area contributed by atoms with Crippen LogP contribution in [0.1, 0.15) is 26.7 Å². The molecule has 0 aromatic carbocycles. The topological polar surface area (TPSA) is 37.4 Å². The highest BCUT2D eigenvalue weighted by Gasteiger charge is 2.12. The molecular weight excluding hydrogens is 165 g/mol. The van der Waals surface area contributed by atoms with Crippen molar-refractivity contribution in [3.63, 3.8) is 0 Å². The van der Waals surface area contributed by atoms with E-state index in [1.807, 2.05) is 6.92 Å². The number of Topliss-reactive ketones (excluding diaryl/α,β-unsaturated/α-hetero) is 1. The van der Waals surface area contributed by atoms with Crippen molar-refractivity contribution in [3.05, 3.63) is 0 Å². The maximum absolute atomic E-state index is 11.2. The van der Waals surface area contributed by atoms with E-state index in [-0.39, 0.29) is 24.6 Å². The molecule has 0 aliphatic carbocycles. The van der Waals surface area contributed by atoms with Crippen LogP contribution in [0.25, 0.3) is 0 Å². The lowest BCUT2D eigenvalue weighted by Gasteiger charge is -2.20. The van der Waals surface area contributed by atoms with Gasteiger partial charge in [0.05, 0.1) is 14.4 Å². The molecule has 0 heterocycles. The number of nitrogens with zero attached hydrogens (tertiary/aromatic N) is 1. The zero-order valence-electron chi connectivity index (χ0n) is 8.38. The van der Waals surface area contributed by atoms with Crippen molar-refractivity contribution >= 4 is 19.5 Å². The van der Waals surface area contributed by atoms with Crippen LogP contribution in [0.3, 0.4) is 0 Å². The summed E-state index contributed by atoms with van der Waals surface area (Å²) in [5.74, 6) is -0.0705. The van der Waals surface area contributed by atoms with Gasteiger partial charge in [-0.25, -0.2) is 0 Å². The van der Waals surface area contributed by atoms with E-state index >= 15 is 0 Å². The monoisotopic (exact) mass is 181 g/mol. The minimum atomic E-state index is -0.149. The summed E-state index contributed by atoms with van der Waals surface area (Å²) in [7, 11) is 5.22. The van der Waals surface area contributed by atoms with Crippen LogP contribution >= 0.6 is 0 Å². The Bertz CT molecular complexity index is 182. The average molecular weight is 181 g/mol. The molecule has 0 aliphatic rings. The van der Waals surface area contributed by atoms with Crippen molar-refractivity contribution in [2.45, 2.75) is 33.0 Å². The van der Waals surface area contributed by atoms with Crippen molar-refractivity contribution in [2.75, 3.05) is 13.1 Å². The summed E-state index contributed by atoms with van der Waals surface area (Å²) >= 11 is 0. The van der Waals surface area contributed by atoms with Crippen molar-refractivity contribution in [1.82, 2.24) is 4.90 Å². The molecule has 0 N–H and O–H groups in total. The van der Waals surface area contributed by atoms with E-state index in [2.05, 4.69) is 0 Å². The number of rotatable bonds is 6. The summed E-state index contributed by atoms with van der Waals surface area (Å²) in [5.41, 5.74) is 0. The third-order valence-corrected chi connectivity index (χ3v) is 1.78. The molecule has 1 amide bonds. The highest BCUT2D eigenvalue weighted by atomic mass is 16.2. The highest BCUT2D eigenvalue weighted by Crippen LogP contribution is 1.97. The first-order valence-electron chi connectivity index (χ1n) is 4.65. The number of ketones is 1. The van der Waals surface area contributed by atoms with E-state index in [0.29, 0.717) is 13.0 Å². The Morgan fingerprint density at radius 2 is 1.92 bits per heavy atom. The highest BCUT2D eigenvalue weighted by molar-refractivity contribution is 6.19. The fourth-order valence-electron chi connectivity index (χ4n) is 1.02. The summed E-state index contributed by atoms with van der Waals surface area (Å²) in [6, 6.07) is 0. The molecule has 0 atom stereocenters. The van der Waals surface area contributed by atoms with E-state index in [9.17, 15) is 9.59 Å². The Balaban J connectivity index is 4.08. The molecule has 0 fully saturated rings. The fraction of sp³-hybridized carbons (Fsp3) is 0.778. The lowest BCUT2D eigenvalue weighted by Crippen LogP contribution is -2.35. The van der Waals surface area contributed by atoms with Gasteiger partial charge in [0, 0.05) is 13.0 Å². The van der Waals surface area contributed by atoms with Gasteiger partial charge in [-0.1, -0.05) is 13.8 Å². The summed E-state index contributed by atoms with van der Waals surface area (Å²) in [4.78, 5) is 23.8. The third-order valence-electron chi connectivity index (χ3n) is 1.78. The van der Waals surface area contributed by atoms with Gasteiger partial charge in [0.1, 0.15) is 0 Å². The standard InChI is InChI=1S/C9H16BNO2/c1-3-5-11(9(13)6-10)7-8(12)4-2/h3-7H2,1-2H3. The van der Waals surface area contributed by atoms with Crippen LogP contribution in [0.4, 0.5) is 0 Å². The number of carbonyl (C=O) groups excluding carboxylic acids is 2.